The summed E-state index contributed by atoms with van der Waals surface area (Å²) in [7, 11) is 0. The van der Waals surface area contributed by atoms with E-state index in [1.807, 2.05) is 97.2 Å². The van der Waals surface area contributed by atoms with Crippen LogP contribution < -0.4 is 0 Å². The van der Waals surface area contributed by atoms with E-state index >= 15 is 0 Å². The first kappa shape index (κ1) is 24.5. The SMILES string of the molecule is c1ccc(-c2nc(-c3ccccc3)nc(-c3ccc(-n4c5ccccc5c5cc6c(cc54)oc4ccccc46)nc3)n2)cc1. The van der Waals surface area contributed by atoms with E-state index in [1.165, 1.54) is 0 Å². The molecule has 0 bridgehead atoms. The Morgan fingerprint density at radius 2 is 1.05 bits per heavy atom. The highest BCUT2D eigenvalue weighted by molar-refractivity contribution is 6.17. The second-order valence-electron chi connectivity index (χ2n) is 10.8. The van der Waals surface area contributed by atoms with Gasteiger partial charge < -0.3 is 4.42 Å². The third-order valence-electron chi connectivity index (χ3n) is 8.11. The van der Waals surface area contributed by atoms with Gasteiger partial charge in [-0.1, -0.05) is 97.1 Å². The van der Waals surface area contributed by atoms with E-state index in [-0.39, 0.29) is 0 Å². The smallest absolute Gasteiger partial charge is 0.165 e. The fourth-order valence-corrected chi connectivity index (χ4v) is 6.02. The number of pyridine rings is 1. The average Bonchev–Trinajstić information content (AvgIpc) is 3.62. The Kier molecular flexibility index (Phi) is 5.40. The fourth-order valence-electron chi connectivity index (χ4n) is 6.02. The first-order valence-corrected chi connectivity index (χ1v) is 14.5. The summed E-state index contributed by atoms with van der Waals surface area (Å²) >= 11 is 0. The topological polar surface area (TPSA) is 69.6 Å². The monoisotopic (exact) mass is 565 g/mol. The van der Waals surface area contributed by atoms with Crippen LogP contribution in [0.1, 0.15) is 0 Å². The molecule has 0 unspecified atom stereocenters. The number of benzene rings is 5. The van der Waals surface area contributed by atoms with Gasteiger partial charge >= 0.3 is 0 Å². The zero-order valence-electron chi connectivity index (χ0n) is 23.4. The largest absolute Gasteiger partial charge is 0.456 e. The van der Waals surface area contributed by atoms with Crippen LogP contribution in [0.4, 0.5) is 0 Å². The molecule has 0 aliphatic carbocycles. The lowest BCUT2D eigenvalue weighted by molar-refractivity contribution is 0.669. The second kappa shape index (κ2) is 9.71. The van der Waals surface area contributed by atoms with Crippen LogP contribution in [0.5, 0.6) is 0 Å². The van der Waals surface area contributed by atoms with Crippen molar-refractivity contribution in [3.63, 3.8) is 0 Å². The molecule has 0 radical (unpaired) electrons. The highest BCUT2D eigenvalue weighted by atomic mass is 16.3. The Morgan fingerprint density at radius 1 is 0.432 bits per heavy atom. The number of aromatic nitrogens is 5. The standard InChI is InChI=1S/C38H23N5O/c1-3-11-24(12-4-1)36-40-37(25-13-5-2-6-14-25)42-38(41-36)26-19-20-35(39-23-26)43-31-17-9-7-15-27(31)29-21-30-28-16-8-10-18-33(28)44-34(30)22-32(29)43/h1-23H. The zero-order valence-corrected chi connectivity index (χ0v) is 23.4. The van der Waals surface area contributed by atoms with E-state index in [1.54, 1.807) is 0 Å². The van der Waals surface area contributed by atoms with Crippen LogP contribution in [0, 0.1) is 0 Å². The molecular weight excluding hydrogens is 542 g/mol. The Morgan fingerprint density at radius 3 is 1.73 bits per heavy atom. The summed E-state index contributed by atoms with van der Waals surface area (Å²) in [6, 6.07) is 45.0. The Labute approximate surface area is 251 Å². The van der Waals surface area contributed by atoms with Gasteiger partial charge in [0.1, 0.15) is 17.0 Å². The normalized spacial score (nSPS) is 11.6. The minimum absolute atomic E-state index is 0.572. The van der Waals surface area contributed by atoms with E-state index in [4.69, 9.17) is 24.4 Å². The first-order chi connectivity index (χ1) is 21.8. The molecule has 0 saturated heterocycles. The van der Waals surface area contributed by atoms with Crippen molar-refractivity contribution in [1.29, 1.82) is 0 Å². The Bertz CT molecular complexity index is 2420. The molecule has 6 heteroatoms. The lowest BCUT2D eigenvalue weighted by Gasteiger charge is -2.10. The summed E-state index contributed by atoms with van der Waals surface area (Å²) in [6.45, 7) is 0. The second-order valence-corrected chi connectivity index (χ2v) is 10.8. The highest BCUT2D eigenvalue weighted by Gasteiger charge is 2.18. The van der Waals surface area contributed by atoms with Crippen LogP contribution in [0.2, 0.25) is 0 Å². The summed E-state index contributed by atoms with van der Waals surface area (Å²) in [5, 5.41) is 4.55. The van der Waals surface area contributed by atoms with Crippen LogP contribution in [-0.4, -0.2) is 24.5 Å². The number of furan rings is 1. The molecule has 9 rings (SSSR count). The zero-order chi connectivity index (χ0) is 29.0. The summed E-state index contributed by atoms with van der Waals surface area (Å²) < 4.78 is 8.46. The summed E-state index contributed by atoms with van der Waals surface area (Å²) in [5.74, 6) is 2.62. The number of hydrogen-bond donors (Lipinski definition) is 0. The predicted molar refractivity (Wildman–Crippen MR) is 176 cm³/mol. The van der Waals surface area contributed by atoms with Gasteiger partial charge in [0.2, 0.25) is 0 Å². The van der Waals surface area contributed by atoms with Gasteiger partial charge in [0, 0.05) is 50.5 Å². The van der Waals surface area contributed by atoms with Gasteiger partial charge in [0.05, 0.1) is 11.0 Å². The molecule has 0 atom stereocenters. The van der Waals surface area contributed by atoms with Gasteiger partial charge in [0.25, 0.3) is 0 Å². The number of para-hydroxylation sites is 2. The maximum atomic E-state index is 6.26. The number of hydrogen-bond acceptors (Lipinski definition) is 5. The van der Waals surface area contributed by atoms with Gasteiger partial charge in [-0.25, -0.2) is 19.9 Å². The first-order valence-electron chi connectivity index (χ1n) is 14.5. The molecule has 0 aliphatic rings. The van der Waals surface area contributed by atoms with Crippen molar-refractivity contribution in [2.45, 2.75) is 0 Å². The molecule has 9 aromatic rings. The third-order valence-corrected chi connectivity index (χ3v) is 8.11. The van der Waals surface area contributed by atoms with Crippen LogP contribution in [0.15, 0.2) is 144 Å². The minimum Gasteiger partial charge on any atom is -0.456 e. The maximum Gasteiger partial charge on any atom is 0.165 e. The minimum atomic E-state index is 0.572. The van der Waals surface area contributed by atoms with Crippen molar-refractivity contribution in [2.75, 3.05) is 0 Å². The van der Waals surface area contributed by atoms with Crippen molar-refractivity contribution < 1.29 is 4.42 Å². The number of fused-ring (bicyclic) bond motifs is 6. The van der Waals surface area contributed by atoms with Crippen molar-refractivity contribution in [2.24, 2.45) is 0 Å². The van der Waals surface area contributed by atoms with Gasteiger partial charge in [0.15, 0.2) is 17.5 Å². The van der Waals surface area contributed by atoms with Crippen molar-refractivity contribution in [3.8, 4) is 40.0 Å². The van der Waals surface area contributed by atoms with Crippen molar-refractivity contribution in [1.82, 2.24) is 24.5 Å². The van der Waals surface area contributed by atoms with Crippen LogP contribution >= 0.6 is 0 Å². The molecule has 0 spiro atoms. The van der Waals surface area contributed by atoms with Gasteiger partial charge in [-0.3, -0.25) is 4.57 Å². The molecule has 5 aromatic carbocycles. The summed E-state index contributed by atoms with van der Waals surface area (Å²) in [6.07, 6.45) is 1.84. The van der Waals surface area contributed by atoms with E-state index in [0.717, 1.165) is 66.3 Å². The van der Waals surface area contributed by atoms with Crippen molar-refractivity contribution in [3.05, 3.63) is 140 Å². The Hall–Kier alpha value is -6.14. The predicted octanol–water partition coefficient (Wildman–Crippen LogP) is 9.26. The van der Waals surface area contributed by atoms with Crippen LogP contribution in [0.25, 0.3) is 83.7 Å². The number of rotatable bonds is 4. The van der Waals surface area contributed by atoms with E-state index in [0.29, 0.717) is 17.5 Å². The van der Waals surface area contributed by atoms with E-state index in [2.05, 4.69) is 47.0 Å². The molecule has 0 aliphatic heterocycles. The van der Waals surface area contributed by atoms with E-state index < -0.39 is 0 Å². The highest BCUT2D eigenvalue weighted by Crippen LogP contribution is 2.38. The maximum absolute atomic E-state index is 6.26. The van der Waals surface area contributed by atoms with E-state index in [9.17, 15) is 0 Å². The summed E-state index contributed by atoms with van der Waals surface area (Å²) in [4.78, 5) is 19.5. The molecule has 4 aromatic heterocycles. The molecule has 0 N–H and O–H groups in total. The number of nitrogens with zero attached hydrogens (tertiary/aromatic N) is 5. The van der Waals surface area contributed by atoms with Crippen LogP contribution in [0.3, 0.4) is 0 Å². The van der Waals surface area contributed by atoms with Gasteiger partial charge in [-0.2, -0.15) is 0 Å². The third kappa shape index (κ3) is 3.89. The average molecular weight is 566 g/mol. The van der Waals surface area contributed by atoms with Crippen LogP contribution in [-0.2, 0) is 0 Å². The van der Waals surface area contributed by atoms with Crippen molar-refractivity contribution >= 4 is 43.7 Å². The lowest BCUT2D eigenvalue weighted by Crippen LogP contribution is -2.01. The molecule has 4 heterocycles. The Balaban J connectivity index is 1.21. The summed E-state index contributed by atoms with van der Waals surface area (Å²) in [5.41, 5.74) is 6.53. The lowest BCUT2D eigenvalue weighted by atomic mass is 10.1. The molecule has 206 valence electrons. The fraction of sp³-hybridized carbons (Fsp3) is 0. The molecule has 0 saturated carbocycles. The molecule has 6 nitrogen and oxygen atoms in total. The quantitative estimate of drug-likeness (QED) is 0.213. The molecule has 0 fully saturated rings. The molecular formula is C38H23N5O. The molecule has 44 heavy (non-hydrogen) atoms. The molecule has 0 amide bonds. The van der Waals surface area contributed by atoms with Gasteiger partial charge in [-0.15, -0.1) is 0 Å². The van der Waals surface area contributed by atoms with Gasteiger partial charge in [-0.05, 0) is 30.3 Å².